The van der Waals surface area contributed by atoms with E-state index in [0.717, 1.165) is 25.2 Å². The van der Waals surface area contributed by atoms with Crippen LogP contribution in [0.15, 0.2) is 34.9 Å². The van der Waals surface area contributed by atoms with Crippen LogP contribution in [-0.2, 0) is 11.2 Å². The van der Waals surface area contributed by atoms with Crippen LogP contribution in [-0.4, -0.2) is 29.1 Å². The van der Waals surface area contributed by atoms with Gasteiger partial charge in [-0.15, -0.1) is 0 Å². The molecule has 134 valence electrons. The highest BCUT2D eigenvalue weighted by molar-refractivity contribution is 5.91. The molecule has 1 aromatic carbocycles. The van der Waals surface area contributed by atoms with Gasteiger partial charge in [-0.3, -0.25) is 4.79 Å². The van der Waals surface area contributed by atoms with E-state index < -0.39 is 0 Å². The highest BCUT2D eigenvalue weighted by Crippen LogP contribution is 2.36. The third-order valence-electron chi connectivity index (χ3n) is 4.78. The van der Waals surface area contributed by atoms with Crippen LogP contribution in [0.1, 0.15) is 44.8 Å². The maximum absolute atomic E-state index is 12.1. The van der Waals surface area contributed by atoms with Crippen LogP contribution < -0.4 is 10.6 Å². The van der Waals surface area contributed by atoms with E-state index in [-0.39, 0.29) is 23.7 Å². The van der Waals surface area contributed by atoms with E-state index in [4.69, 9.17) is 4.52 Å². The number of hydrogen-bond donors (Lipinski definition) is 2. The summed E-state index contributed by atoms with van der Waals surface area (Å²) in [5.74, 6) is 1.68. The van der Waals surface area contributed by atoms with Gasteiger partial charge in [-0.25, -0.2) is 0 Å². The van der Waals surface area contributed by atoms with Gasteiger partial charge in [-0.1, -0.05) is 44.1 Å². The molecule has 2 N–H and O–H groups in total. The van der Waals surface area contributed by atoms with Crippen LogP contribution in [0.2, 0.25) is 0 Å². The summed E-state index contributed by atoms with van der Waals surface area (Å²) in [5.41, 5.74) is 1.00. The highest BCUT2D eigenvalue weighted by atomic mass is 16.5. The number of nitrogens with one attached hydrogen (secondary N) is 2. The van der Waals surface area contributed by atoms with E-state index in [2.05, 4.69) is 41.5 Å². The number of amides is 1. The Kier molecular flexibility index (Phi) is 5.18. The zero-order valence-corrected chi connectivity index (χ0v) is 15.1. The van der Waals surface area contributed by atoms with Crippen LogP contribution in [0.25, 0.3) is 0 Å². The fraction of sp³-hybridized carbons (Fsp3) is 0.526. The molecule has 1 aromatic heterocycles. The Morgan fingerprint density at radius 1 is 1.28 bits per heavy atom. The number of piperidine rings is 1. The quantitative estimate of drug-likeness (QED) is 0.893. The van der Waals surface area contributed by atoms with Gasteiger partial charge in [0.25, 0.3) is 0 Å². The molecule has 1 saturated heterocycles. The smallest absolute Gasteiger partial charge is 0.232 e. The minimum atomic E-state index is -0.145. The summed E-state index contributed by atoms with van der Waals surface area (Å²) in [4.78, 5) is 16.6. The lowest BCUT2D eigenvalue weighted by molar-refractivity contribution is -0.115. The second kappa shape index (κ2) is 7.35. The van der Waals surface area contributed by atoms with Crippen LogP contribution in [0.4, 0.5) is 5.69 Å². The summed E-state index contributed by atoms with van der Waals surface area (Å²) in [7, 11) is 0. The second-order valence-electron chi connectivity index (χ2n) is 7.79. The predicted molar refractivity (Wildman–Crippen MR) is 96.2 cm³/mol. The van der Waals surface area contributed by atoms with E-state index >= 15 is 0 Å². The zero-order valence-electron chi connectivity index (χ0n) is 15.1. The van der Waals surface area contributed by atoms with Gasteiger partial charge in [-0.05, 0) is 36.4 Å². The van der Waals surface area contributed by atoms with E-state index in [0.29, 0.717) is 17.6 Å². The van der Waals surface area contributed by atoms with Gasteiger partial charge in [0.05, 0.1) is 12.3 Å². The number of benzene rings is 1. The zero-order chi connectivity index (χ0) is 17.9. The maximum Gasteiger partial charge on any atom is 0.232 e. The minimum absolute atomic E-state index is 0.112. The molecule has 1 amide bonds. The van der Waals surface area contributed by atoms with Crippen LogP contribution >= 0.6 is 0 Å². The molecule has 6 heteroatoms. The second-order valence-corrected chi connectivity index (χ2v) is 7.79. The summed E-state index contributed by atoms with van der Waals surface area (Å²) in [6.45, 7) is 8.63. The summed E-state index contributed by atoms with van der Waals surface area (Å²) in [5, 5.41) is 10.3. The van der Waals surface area contributed by atoms with Crippen molar-refractivity contribution in [2.45, 2.75) is 39.5 Å². The number of para-hydroxylation sites is 1. The number of aromatic nitrogens is 2. The molecule has 0 unspecified atom stereocenters. The first-order valence-corrected chi connectivity index (χ1v) is 8.80. The first-order valence-electron chi connectivity index (χ1n) is 8.80. The molecule has 6 nitrogen and oxygen atoms in total. The Bertz CT molecular complexity index is 706. The molecular formula is C19H26N4O2. The average molecular weight is 342 g/mol. The molecule has 1 fully saturated rings. The molecule has 0 bridgehead atoms. The van der Waals surface area contributed by atoms with Gasteiger partial charge in [0.15, 0.2) is 5.82 Å². The van der Waals surface area contributed by atoms with Gasteiger partial charge in [0, 0.05) is 12.2 Å². The normalized spacial score (nSPS) is 21.1. The van der Waals surface area contributed by atoms with E-state index in [1.807, 2.05) is 30.3 Å². The van der Waals surface area contributed by atoms with Gasteiger partial charge >= 0.3 is 0 Å². The number of carbonyl (C=O) groups excluding carboxylic acids is 1. The highest BCUT2D eigenvalue weighted by Gasteiger charge is 2.33. The van der Waals surface area contributed by atoms with Gasteiger partial charge < -0.3 is 15.2 Å². The van der Waals surface area contributed by atoms with Crippen molar-refractivity contribution in [1.29, 1.82) is 0 Å². The predicted octanol–water partition coefficient (Wildman–Crippen LogP) is 2.99. The molecule has 3 rings (SSSR count). The van der Waals surface area contributed by atoms with Crippen molar-refractivity contribution in [2.24, 2.45) is 11.3 Å². The molecule has 0 saturated carbocycles. The average Bonchev–Trinajstić information content (AvgIpc) is 3.03. The molecule has 0 radical (unpaired) electrons. The Balaban J connectivity index is 1.59. The Labute approximate surface area is 148 Å². The van der Waals surface area contributed by atoms with Gasteiger partial charge in [-0.2, -0.15) is 4.98 Å². The van der Waals surface area contributed by atoms with Crippen molar-refractivity contribution in [3.8, 4) is 0 Å². The number of carbonyl (C=O) groups is 1. The van der Waals surface area contributed by atoms with Crippen molar-refractivity contribution in [2.75, 3.05) is 18.4 Å². The lowest BCUT2D eigenvalue weighted by atomic mass is 9.74. The number of rotatable bonds is 4. The summed E-state index contributed by atoms with van der Waals surface area (Å²) in [6, 6.07) is 9.36. The van der Waals surface area contributed by atoms with Crippen LogP contribution in [0.3, 0.4) is 0 Å². The van der Waals surface area contributed by atoms with E-state index in [9.17, 15) is 4.79 Å². The fourth-order valence-electron chi connectivity index (χ4n) is 3.17. The Morgan fingerprint density at radius 2 is 2.04 bits per heavy atom. The van der Waals surface area contributed by atoms with Crippen molar-refractivity contribution >= 4 is 11.6 Å². The minimum Gasteiger partial charge on any atom is -0.339 e. The molecule has 1 aliphatic rings. The van der Waals surface area contributed by atoms with Crippen molar-refractivity contribution in [1.82, 2.24) is 15.5 Å². The van der Waals surface area contributed by atoms with Crippen LogP contribution in [0, 0.1) is 11.3 Å². The molecule has 0 spiro atoms. The molecule has 0 aliphatic carbocycles. The molecule has 2 aromatic rings. The van der Waals surface area contributed by atoms with Gasteiger partial charge in [0.1, 0.15) is 0 Å². The molecule has 2 heterocycles. The molecule has 1 aliphatic heterocycles. The van der Waals surface area contributed by atoms with Crippen LogP contribution in [0.5, 0.6) is 0 Å². The fourth-order valence-corrected chi connectivity index (χ4v) is 3.17. The molecule has 2 atom stereocenters. The number of anilines is 1. The lowest BCUT2D eigenvalue weighted by Crippen LogP contribution is -2.40. The largest absolute Gasteiger partial charge is 0.339 e. The molecular weight excluding hydrogens is 316 g/mol. The summed E-state index contributed by atoms with van der Waals surface area (Å²) in [6.07, 6.45) is 1.13. The molecule has 25 heavy (non-hydrogen) atoms. The standard InChI is InChI=1S/C19H26N4O2/c1-19(2,3)14-9-13(11-20-12-14)18-22-16(23-25-18)10-17(24)21-15-7-5-4-6-8-15/h4-8,13-14,20H,9-12H2,1-3H3,(H,21,24)/t13-,14+/m1/s1. The van der Waals surface area contributed by atoms with Crippen molar-refractivity contribution < 1.29 is 9.32 Å². The number of hydrogen-bond acceptors (Lipinski definition) is 5. The Morgan fingerprint density at radius 3 is 2.76 bits per heavy atom. The van der Waals surface area contributed by atoms with E-state index in [1.54, 1.807) is 0 Å². The topological polar surface area (TPSA) is 80.0 Å². The first-order chi connectivity index (χ1) is 11.9. The maximum atomic E-state index is 12.1. The monoisotopic (exact) mass is 342 g/mol. The van der Waals surface area contributed by atoms with E-state index in [1.165, 1.54) is 0 Å². The van der Waals surface area contributed by atoms with Crippen molar-refractivity contribution in [3.05, 3.63) is 42.0 Å². The summed E-state index contributed by atoms with van der Waals surface area (Å²) < 4.78 is 5.44. The third kappa shape index (κ3) is 4.66. The number of nitrogens with zero attached hydrogens (tertiary/aromatic N) is 2. The lowest BCUT2D eigenvalue weighted by Gasteiger charge is -2.37. The van der Waals surface area contributed by atoms with Gasteiger partial charge in [0.2, 0.25) is 11.8 Å². The SMILES string of the molecule is CC(C)(C)[C@@H]1CNC[C@H](c2nc(CC(=O)Nc3ccccc3)no2)C1. The Hall–Kier alpha value is -2.21. The summed E-state index contributed by atoms with van der Waals surface area (Å²) >= 11 is 0. The van der Waals surface area contributed by atoms with Crippen molar-refractivity contribution in [3.63, 3.8) is 0 Å². The third-order valence-corrected chi connectivity index (χ3v) is 4.78. The first kappa shape index (κ1) is 17.6.